The summed E-state index contributed by atoms with van der Waals surface area (Å²) in [6.07, 6.45) is 1.62. The van der Waals surface area contributed by atoms with Crippen LogP contribution < -0.4 is 16.2 Å². The molecule has 0 spiro atoms. The highest BCUT2D eigenvalue weighted by Gasteiger charge is 2.11. The molecule has 0 aliphatic carbocycles. The summed E-state index contributed by atoms with van der Waals surface area (Å²) < 4.78 is 12.7. The predicted molar refractivity (Wildman–Crippen MR) is 81.2 cm³/mol. The molecule has 5 nitrogen and oxygen atoms in total. The second kappa shape index (κ2) is 9.18. The maximum atomic E-state index is 12.7. The first-order valence-corrected chi connectivity index (χ1v) is 7.17. The Hall–Kier alpha value is -1.82. The second-order valence-corrected chi connectivity index (χ2v) is 5.47. The molecular weight excluding hydrogens is 273 g/mol. The Bertz CT molecular complexity index is 423. The molecule has 0 aliphatic rings. The molecule has 118 valence electrons. The molecule has 1 unspecified atom stereocenters. The molecule has 0 fully saturated rings. The molecule has 0 saturated carbocycles. The standard InChI is InChI=1S/C15H24FN3O2/c1-11(2)9-12(7-8-20)10-17-15(21)19-18-14-5-3-13(16)4-6-14/h3-6,11-12,18,20H,7-10H2,1-2H3,(H2,17,19,21). The summed E-state index contributed by atoms with van der Waals surface area (Å²) in [6, 6.07) is 5.32. The Morgan fingerprint density at radius 1 is 1.29 bits per heavy atom. The molecule has 1 aromatic rings. The number of anilines is 1. The molecule has 0 aliphatic heterocycles. The molecule has 0 heterocycles. The Morgan fingerprint density at radius 3 is 2.52 bits per heavy atom. The summed E-state index contributed by atoms with van der Waals surface area (Å²) in [4.78, 5) is 11.7. The van der Waals surface area contributed by atoms with E-state index in [1.807, 2.05) is 0 Å². The quantitative estimate of drug-likeness (QED) is 0.557. The van der Waals surface area contributed by atoms with Crippen LogP contribution in [0, 0.1) is 17.7 Å². The van der Waals surface area contributed by atoms with E-state index in [0.29, 0.717) is 24.6 Å². The molecule has 2 amide bonds. The Morgan fingerprint density at radius 2 is 1.95 bits per heavy atom. The average molecular weight is 297 g/mol. The fourth-order valence-corrected chi connectivity index (χ4v) is 2.10. The van der Waals surface area contributed by atoms with Crippen LogP contribution in [0.2, 0.25) is 0 Å². The summed E-state index contributed by atoms with van der Waals surface area (Å²) in [5.41, 5.74) is 5.77. The molecule has 1 atom stereocenters. The van der Waals surface area contributed by atoms with Crippen LogP contribution in [0.4, 0.5) is 14.9 Å². The van der Waals surface area contributed by atoms with Gasteiger partial charge in [0.15, 0.2) is 0 Å². The third-order valence-electron chi connectivity index (χ3n) is 3.06. The number of rotatable bonds is 8. The van der Waals surface area contributed by atoms with Crippen molar-refractivity contribution >= 4 is 11.7 Å². The van der Waals surface area contributed by atoms with Gasteiger partial charge in [-0.25, -0.2) is 9.18 Å². The van der Waals surface area contributed by atoms with Gasteiger partial charge in [-0.15, -0.1) is 0 Å². The summed E-state index contributed by atoms with van der Waals surface area (Å²) in [5, 5.41) is 11.8. The summed E-state index contributed by atoms with van der Waals surface area (Å²) >= 11 is 0. The van der Waals surface area contributed by atoms with Gasteiger partial charge in [-0.3, -0.25) is 10.9 Å². The summed E-state index contributed by atoms with van der Waals surface area (Å²) in [6.45, 7) is 4.85. The normalized spacial score (nSPS) is 12.0. The molecule has 6 heteroatoms. The van der Waals surface area contributed by atoms with Crippen molar-refractivity contribution in [2.75, 3.05) is 18.6 Å². The summed E-state index contributed by atoms with van der Waals surface area (Å²) in [5.74, 6) is 0.445. The maximum Gasteiger partial charge on any atom is 0.333 e. The van der Waals surface area contributed by atoms with Crippen molar-refractivity contribution in [1.82, 2.24) is 10.7 Å². The van der Waals surface area contributed by atoms with Gasteiger partial charge < -0.3 is 10.4 Å². The first-order chi connectivity index (χ1) is 10.0. The molecule has 0 saturated heterocycles. The van der Waals surface area contributed by atoms with E-state index in [4.69, 9.17) is 5.11 Å². The lowest BCUT2D eigenvalue weighted by atomic mass is 9.94. The number of halogens is 1. The number of benzene rings is 1. The van der Waals surface area contributed by atoms with Gasteiger partial charge in [0.25, 0.3) is 0 Å². The van der Waals surface area contributed by atoms with Crippen LogP contribution in [-0.4, -0.2) is 24.3 Å². The fourth-order valence-electron chi connectivity index (χ4n) is 2.10. The van der Waals surface area contributed by atoms with Crippen LogP contribution in [0.5, 0.6) is 0 Å². The Balaban J connectivity index is 2.30. The van der Waals surface area contributed by atoms with Gasteiger partial charge in [-0.05, 0) is 48.9 Å². The van der Waals surface area contributed by atoms with Crippen LogP contribution in [0.25, 0.3) is 0 Å². The number of carbonyl (C=O) groups excluding carboxylic acids is 1. The van der Waals surface area contributed by atoms with Gasteiger partial charge >= 0.3 is 6.03 Å². The minimum atomic E-state index is -0.356. The van der Waals surface area contributed by atoms with Crippen LogP contribution in [-0.2, 0) is 0 Å². The van der Waals surface area contributed by atoms with Crippen LogP contribution in [0.15, 0.2) is 24.3 Å². The van der Waals surface area contributed by atoms with Gasteiger partial charge in [-0.1, -0.05) is 13.8 Å². The molecule has 0 radical (unpaired) electrons. The zero-order valence-corrected chi connectivity index (χ0v) is 12.5. The number of carbonyl (C=O) groups is 1. The highest BCUT2D eigenvalue weighted by Crippen LogP contribution is 2.14. The number of aliphatic hydroxyl groups is 1. The van der Waals surface area contributed by atoms with Gasteiger partial charge in [0.05, 0.1) is 5.69 Å². The molecule has 0 aromatic heterocycles. The lowest BCUT2D eigenvalue weighted by molar-refractivity contribution is 0.226. The zero-order valence-electron chi connectivity index (χ0n) is 12.5. The lowest BCUT2D eigenvalue weighted by Crippen LogP contribution is -2.41. The monoisotopic (exact) mass is 297 g/mol. The van der Waals surface area contributed by atoms with Crippen molar-refractivity contribution in [3.8, 4) is 0 Å². The Kier molecular flexibility index (Phi) is 7.53. The third-order valence-corrected chi connectivity index (χ3v) is 3.06. The van der Waals surface area contributed by atoms with E-state index in [1.54, 1.807) is 0 Å². The largest absolute Gasteiger partial charge is 0.396 e. The van der Waals surface area contributed by atoms with Crippen LogP contribution in [0.3, 0.4) is 0 Å². The smallest absolute Gasteiger partial charge is 0.333 e. The van der Waals surface area contributed by atoms with E-state index >= 15 is 0 Å². The zero-order chi connectivity index (χ0) is 15.7. The van der Waals surface area contributed by atoms with Gasteiger partial charge in [0.1, 0.15) is 5.82 Å². The topological polar surface area (TPSA) is 73.4 Å². The number of urea groups is 1. The van der Waals surface area contributed by atoms with Crippen LogP contribution >= 0.6 is 0 Å². The van der Waals surface area contributed by atoms with E-state index in [2.05, 4.69) is 30.0 Å². The molecule has 21 heavy (non-hydrogen) atoms. The minimum absolute atomic E-state index is 0.120. The number of nitrogens with one attached hydrogen (secondary N) is 3. The van der Waals surface area contributed by atoms with E-state index in [1.165, 1.54) is 24.3 Å². The Labute approximate surface area is 124 Å². The number of aliphatic hydroxyl groups excluding tert-OH is 1. The van der Waals surface area contributed by atoms with Crippen molar-refractivity contribution in [3.05, 3.63) is 30.1 Å². The van der Waals surface area contributed by atoms with Gasteiger partial charge in [-0.2, -0.15) is 0 Å². The molecule has 0 bridgehead atoms. The van der Waals surface area contributed by atoms with Crippen molar-refractivity contribution in [2.24, 2.45) is 11.8 Å². The number of hydrogen-bond acceptors (Lipinski definition) is 3. The van der Waals surface area contributed by atoms with Crippen molar-refractivity contribution in [2.45, 2.75) is 26.7 Å². The molecular formula is C15H24FN3O2. The van der Waals surface area contributed by atoms with Gasteiger partial charge in [0, 0.05) is 13.2 Å². The average Bonchev–Trinajstić information content (AvgIpc) is 2.44. The first kappa shape index (κ1) is 17.2. The number of hydrazine groups is 1. The predicted octanol–water partition coefficient (Wildman–Crippen LogP) is 2.50. The summed E-state index contributed by atoms with van der Waals surface area (Å²) in [7, 11) is 0. The molecule has 4 N–H and O–H groups in total. The van der Waals surface area contributed by atoms with Gasteiger partial charge in [0.2, 0.25) is 0 Å². The lowest BCUT2D eigenvalue weighted by Gasteiger charge is -2.19. The van der Waals surface area contributed by atoms with E-state index in [0.717, 1.165) is 6.42 Å². The van der Waals surface area contributed by atoms with Crippen molar-refractivity contribution < 1.29 is 14.3 Å². The van der Waals surface area contributed by atoms with Crippen molar-refractivity contribution in [1.29, 1.82) is 0 Å². The first-order valence-electron chi connectivity index (χ1n) is 7.17. The van der Waals surface area contributed by atoms with E-state index in [-0.39, 0.29) is 24.4 Å². The maximum absolute atomic E-state index is 12.7. The highest BCUT2D eigenvalue weighted by molar-refractivity contribution is 5.75. The third kappa shape index (κ3) is 7.51. The molecule has 1 rings (SSSR count). The minimum Gasteiger partial charge on any atom is -0.396 e. The van der Waals surface area contributed by atoms with Crippen molar-refractivity contribution in [3.63, 3.8) is 0 Å². The number of amides is 2. The second-order valence-electron chi connectivity index (χ2n) is 5.47. The highest BCUT2D eigenvalue weighted by atomic mass is 19.1. The fraction of sp³-hybridized carbons (Fsp3) is 0.533. The number of hydrogen-bond donors (Lipinski definition) is 4. The van der Waals surface area contributed by atoms with Crippen LogP contribution in [0.1, 0.15) is 26.7 Å². The SMILES string of the molecule is CC(C)CC(CCO)CNC(=O)NNc1ccc(F)cc1. The van der Waals surface area contributed by atoms with E-state index < -0.39 is 0 Å². The van der Waals surface area contributed by atoms with E-state index in [9.17, 15) is 9.18 Å². The molecule has 1 aromatic carbocycles.